The second-order valence-corrected chi connectivity index (χ2v) is 7.88. The van der Waals surface area contributed by atoms with Crippen LogP contribution in [0.25, 0.3) is 10.9 Å². The van der Waals surface area contributed by atoms with Crippen LogP contribution in [0.4, 0.5) is 17.6 Å². The first-order chi connectivity index (χ1) is 16.0. The highest BCUT2D eigenvalue weighted by Gasteiger charge is 2.44. The zero-order chi connectivity index (χ0) is 24.6. The Morgan fingerprint density at radius 3 is 2.59 bits per heavy atom. The molecule has 1 saturated heterocycles. The van der Waals surface area contributed by atoms with Crippen molar-refractivity contribution in [1.29, 1.82) is 0 Å². The minimum Gasteiger partial charge on any atom is -0.347 e. The molecule has 1 atom stereocenters. The van der Waals surface area contributed by atoms with Gasteiger partial charge in [-0.3, -0.25) is 23.9 Å². The molecule has 2 amide bonds. The van der Waals surface area contributed by atoms with E-state index in [1.165, 1.54) is 16.7 Å². The number of fused-ring (bicyclic) bond motifs is 1. The maximum absolute atomic E-state index is 14.4. The zero-order valence-electron chi connectivity index (χ0n) is 17.5. The number of para-hydroxylation sites is 1. The quantitative estimate of drug-likeness (QED) is 0.558. The van der Waals surface area contributed by atoms with Crippen LogP contribution in [0.2, 0.25) is 0 Å². The highest BCUT2D eigenvalue weighted by Crippen LogP contribution is 2.22. The summed E-state index contributed by atoms with van der Waals surface area (Å²) >= 11 is 0. The van der Waals surface area contributed by atoms with Crippen molar-refractivity contribution >= 4 is 22.7 Å². The summed E-state index contributed by atoms with van der Waals surface area (Å²) in [4.78, 5) is 51.2. The number of nitrogens with zero attached hydrogens (tertiary/aromatic N) is 2. The Bertz CT molecular complexity index is 1400. The van der Waals surface area contributed by atoms with E-state index < -0.39 is 41.1 Å². The lowest BCUT2D eigenvalue weighted by Gasteiger charge is -2.18. The minimum atomic E-state index is -5.01. The fourth-order valence-electron chi connectivity index (χ4n) is 3.93. The molecule has 1 aliphatic heterocycles. The summed E-state index contributed by atoms with van der Waals surface area (Å²) in [5.74, 6) is -3.71. The van der Waals surface area contributed by atoms with Crippen LogP contribution in [0.15, 0.2) is 52.1 Å². The third-order valence-electron chi connectivity index (χ3n) is 5.57. The van der Waals surface area contributed by atoms with Crippen LogP contribution < -0.4 is 16.6 Å². The van der Waals surface area contributed by atoms with Gasteiger partial charge < -0.3 is 10.2 Å². The molecule has 2 aromatic carbocycles. The van der Waals surface area contributed by atoms with Crippen molar-refractivity contribution < 1.29 is 27.2 Å². The largest absolute Gasteiger partial charge is 0.471 e. The number of hydrogen-bond donors (Lipinski definition) is 2. The molecule has 4 rings (SSSR count). The highest BCUT2D eigenvalue weighted by molar-refractivity contribution is 5.95. The predicted molar refractivity (Wildman–Crippen MR) is 113 cm³/mol. The van der Waals surface area contributed by atoms with E-state index in [1.807, 2.05) is 0 Å². The van der Waals surface area contributed by atoms with Gasteiger partial charge in [-0.25, -0.2) is 9.18 Å². The smallest absolute Gasteiger partial charge is 0.347 e. The van der Waals surface area contributed by atoms with E-state index in [0.717, 1.165) is 6.07 Å². The lowest BCUT2D eigenvalue weighted by atomic mass is 10.1. The van der Waals surface area contributed by atoms with Gasteiger partial charge >= 0.3 is 17.8 Å². The monoisotopic (exact) mass is 478 g/mol. The number of likely N-dealkylation sites (tertiary alicyclic amines) is 1. The van der Waals surface area contributed by atoms with Crippen molar-refractivity contribution in [3.63, 3.8) is 0 Å². The van der Waals surface area contributed by atoms with Crippen LogP contribution in [0.5, 0.6) is 0 Å². The van der Waals surface area contributed by atoms with Gasteiger partial charge in [0.15, 0.2) is 0 Å². The fourth-order valence-corrected chi connectivity index (χ4v) is 3.93. The zero-order valence-corrected chi connectivity index (χ0v) is 17.5. The Morgan fingerprint density at radius 1 is 1.12 bits per heavy atom. The van der Waals surface area contributed by atoms with Crippen molar-refractivity contribution in [2.75, 3.05) is 13.1 Å². The third-order valence-corrected chi connectivity index (χ3v) is 5.57. The normalized spacial score (nSPS) is 16.1. The SMILES string of the molecule is O=C(NC1CCN(C(=O)C(F)(F)F)C1)c1cc(Cn2c(=O)[nH]c(=O)c3ccccc32)ccc1F. The maximum atomic E-state index is 14.4. The Balaban J connectivity index is 1.54. The second-order valence-electron chi connectivity index (χ2n) is 7.88. The van der Waals surface area contributed by atoms with Gasteiger partial charge in [-0.2, -0.15) is 13.2 Å². The molecule has 178 valence electrons. The summed E-state index contributed by atoms with van der Waals surface area (Å²) in [5, 5.41) is 2.73. The topological polar surface area (TPSA) is 104 Å². The summed E-state index contributed by atoms with van der Waals surface area (Å²) in [6.07, 6.45) is -4.92. The molecule has 8 nitrogen and oxygen atoms in total. The number of carbonyl (C=O) groups excluding carboxylic acids is 2. The predicted octanol–water partition coefficient (Wildman–Crippen LogP) is 1.77. The van der Waals surface area contributed by atoms with Crippen molar-refractivity contribution in [2.24, 2.45) is 0 Å². The first-order valence-electron chi connectivity index (χ1n) is 10.2. The molecule has 2 heterocycles. The highest BCUT2D eigenvalue weighted by atomic mass is 19.4. The van der Waals surface area contributed by atoms with Crippen LogP contribution in [0.1, 0.15) is 22.3 Å². The maximum Gasteiger partial charge on any atom is 0.471 e. The van der Waals surface area contributed by atoms with Gasteiger partial charge in [-0.15, -0.1) is 0 Å². The summed E-state index contributed by atoms with van der Waals surface area (Å²) in [7, 11) is 0. The number of amides is 2. The lowest BCUT2D eigenvalue weighted by Crippen LogP contribution is -2.43. The Kier molecular flexibility index (Phi) is 5.98. The molecule has 12 heteroatoms. The number of alkyl halides is 3. The number of nitrogens with one attached hydrogen (secondary N) is 2. The minimum absolute atomic E-state index is 0.0754. The van der Waals surface area contributed by atoms with E-state index in [1.54, 1.807) is 24.3 Å². The van der Waals surface area contributed by atoms with E-state index >= 15 is 0 Å². The van der Waals surface area contributed by atoms with Gasteiger partial charge in [0, 0.05) is 19.1 Å². The number of H-pyrrole nitrogens is 1. The Labute approximate surface area is 188 Å². The van der Waals surface area contributed by atoms with Gasteiger partial charge in [0.2, 0.25) is 0 Å². The summed E-state index contributed by atoms with van der Waals surface area (Å²) in [6, 6.07) is 9.28. The molecule has 1 fully saturated rings. The van der Waals surface area contributed by atoms with Crippen LogP contribution in [0.3, 0.4) is 0 Å². The average molecular weight is 478 g/mol. The molecule has 1 aromatic heterocycles. The van der Waals surface area contributed by atoms with Gasteiger partial charge in [-0.05, 0) is 36.2 Å². The van der Waals surface area contributed by atoms with Gasteiger partial charge in [-0.1, -0.05) is 18.2 Å². The molecule has 0 saturated carbocycles. The molecule has 2 N–H and O–H groups in total. The number of aromatic amines is 1. The van der Waals surface area contributed by atoms with E-state index in [4.69, 9.17) is 0 Å². The Morgan fingerprint density at radius 2 is 1.85 bits per heavy atom. The van der Waals surface area contributed by atoms with E-state index in [2.05, 4.69) is 10.3 Å². The molecular weight excluding hydrogens is 460 g/mol. The number of benzene rings is 2. The molecule has 34 heavy (non-hydrogen) atoms. The van der Waals surface area contributed by atoms with Crippen molar-refractivity contribution in [3.05, 3.63) is 80.2 Å². The third kappa shape index (κ3) is 4.56. The van der Waals surface area contributed by atoms with E-state index in [-0.39, 0.29) is 37.0 Å². The van der Waals surface area contributed by atoms with Crippen molar-refractivity contribution in [3.8, 4) is 0 Å². The van der Waals surface area contributed by atoms with Crippen LogP contribution in [-0.4, -0.2) is 51.6 Å². The average Bonchev–Trinajstić information content (AvgIpc) is 3.24. The molecule has 1 unspecified atom stereocenters. The molecular formula is C22H18F4N4O4. The van der Waals surface area contributed by atoms with Gasteiger partial charge in [0.05, 0.1) is 23.0 Å². The van der Waals surface area contributed by atoms with Gasteiger partial charge in [0.25, 0.3) is 11.5 Å². The van der Waals surface area contributed by atoms with Crippen molar-refractivity contribution in [1.82, 2.24) is 19.8 Å². The summed E-state index contributed by atoms with van der Waals surface area (Å²) < 4.78 is 53.5. The summed E-state index contributed by atoms with van der Waals surface area (Å²) in [6.45, 7) is -0.605. The molecule has 0 aliphatic carbocycles. The fraction of sp³-hybridized carbons (Fsp3) is 0.273. The van der Waals surface area contributed by atoms with E-state index in [9.17, 15) is 36.7 Å². The lowest BCUT2D eigenvalue weighted by molar-refractivity contribution is -0.184. The second kappa shape index (κ2) is 8.76. The molecule has 0 bridgehead atoms. The van der Waals surface area contributed by atoms with Crippen LogP contribution in [-0.2, 0) is 11.3 Å². The molecule has 0 spiro atoms. The number of rotatable bonds is 4. The number of aromatic nitrogens is 2. The summed E-state index contributed by atoms with van der Waals surface area (Å²) in [5.41, 5.74) is -0.858. The number of hydrogen-bond acceptors (Lipinski definition) is 4. The van der Waals surface area contributed by atoms with Gasteiger partial charge in [0.1, 0.15) is 5.82 Å². The molecule has 3 aromatic rings. The van der Waals surface area contributed by atoms with Crippen molar-refractivity contribution in [2.45, 2.75) is 25.2 Å². The standard InChI is InChI=1S/C22H18F4N4O4/c23-16-6-5-12(10-30-17-4-2-1-3-14(17)18(31)28-21(30)34)9-15(16)19(32)27-13-7-8-29(11-13)20(33)22(24,25)26/h1-6,9,13H,7-8,10-11H2,(H,27,32)(H,28,31,34). The molecule has 0 radical (unpaired) electrons. The Hall–Kier alpha value is -3.96. The first kappa shape index (κ1) is 23.2. The molecule has 1 aliphatic rings. The van der Waals surface area contributed by atoms with Crippen LogP contribution in [0, 0.1) is 5.82 Å². The van der Waals surface area contributed by atoms with E-state index in [0.29, 0.717) is 16.0 Å². The number of halogens is 4. The first-order valence-corrected chi connectivity index (χ1v) is 10.2. The van der Waals surface area contributed by atoms with Crippen LogP contribution >= 0.6 is 0 Å². The number of carbonyl (C=O) groups is 2.